The average Bonchev–Trinajstić information content (AvgIpc) is 2.87. The second kappa shape index (κ2) is 5.73. The Morgan fingerprint density at radius 3 is 2.70 bits per heavy atom. The van der Waals surface area contributed by atoms with Crippen LogP contribution in [0.4, 0.5) is 0 Å². The summed E-state index contributed by atoms with van der Waals surface area (Å²) in [5.74, 6) is 0.940. The summed E-state index contributed by atoms with van der Waals surface area (Å²) in [7, 11) is 0. The zero-order chi connectivity index (χ0) is 14.8. The monoisotopic (exact) mass is 275 g/mol. The molecule has 5 nitrogen and oxygen atoms in total. The summed E-state index contributed by atoms with van der Waals surface area (Å²) in [6.45, 7) is 8.11. The molecule has 5 heteroatoms. The molecule has 108 valence electrons. The lowest BCUT2D eigenvalue weighted by atomic mass is 10.0. The van der Waals surface area contributed by atoms with Gasteiger partial charge in [-0.3, -0.25) is 0 Å². The molecule has 0 saturated carbocycles. The molecule has 20 heavy (non-hydrogen) atoms. The Morgan fingerprint density at radius 1 is 1.35 bits per heavy atom. The maximum absolute atomic E-state index is 6.21. The van der Waals surface area contributed by atoms with Crippen molar-refractivity contribution in [2.75, 3.05) is 6.61 Å². The summed E-state index contributed by atoms with van der Waals surface area (Å²) in [4.78, 5) is 4.41. The smallest absolute Gasteiger partial charge is 0.258 e. The molecule has 1 atom stereocenters. The summed E-state index contributed by atoms with van der Waals surface area (Å²) < 4.78 is 10.9. The van der Waals surface area contributed by atoms with Gasteiger partial charge in [0.2, 0.25) is 0 Å². The number of hydrogen-bond donors (Lipinski definition) is 1. The lowest BCUT2D eigenvalue weighted by Crippen LogP contribution is -2.40. The standard InChI is InChI=1S/C15H21N3O2/c1-10(2)19-9-15(4,16)14-17-13(20-18-14)12-8-6-5-7-11(12)3/h5-8,10H,9,16H2,1-4H3. The molecule has 0 aliphatic rings. The maximum Gasteiger partial charge on any atom is 0.258 e. The molecule has 2 N–H and O–H groups in total. The minimum absolute atomic E-state index is 0.112. The van der Waals surface area contributed by atoms with E-state index in [0.717, 1.165) is 11.1 Å². The summed E-state index contributed by atoms with van der Waals surface area (Å²) in [5.41, 5.74) is 7.44. The molecule has 0 spiro atoms. The highest BCUT2D eigenvalue weighted by molar-refractivity contribution is 5.57. The first-order valence-electron chi connectivity index (χ1n) is 6.71. The summed E-state index contributed by atoms with van der Waals surface area (Å²) >= 11 is 0. The Balaban J connectivity index is 2.22. The van der Waals surface area contributed by atoms with Crippen LogP contribution in [0.15, 0.2) is 28.8 Å². The molecular weight excluding hydrogens is 254 g/mol. The third-order valence-corrected chi connectivity index (χ3v) is 3.03. The second-order valence-corrected chi connectivity index (χ2v) is 5.52. The number of aromatic nitrogens is 2. The van der Waals surface area contributed by atoms with Crippen LogP contribution in [0.3, 0.4) is 0 Å². The minimum atomic E-state index is -0.769. The zero-order valence-electron chi connectivity index (χ0n) is 12.4. The van der Waals surface area contributed by atoms with Crippen molar-refractivity contribution < 1.29 is 9.26 Å². The highest BCUT2D eigenvalue weighted by Gasteiger charge is 2.28. The van der Waals surface area contributed by atoms with E-state index in [-0.39, 0.29) is 6.10 Å². The van der Waals surface area contributed by atoms with Crippen LogP contribution in [-0.4, -0.2) is 22.9 Å². The number of aryl methyl sites for hydroxylation is 1. The van der Waals surface area contributed by atoms with Gasteiger partial charge in [0.05, 0.1) is 12.7 Å². The number of rotatable bonds is 5. The topological polar surface area (TPSA) is 74.2 Å². The molecule has 0 fully saturated rings. The van der Waals surface area contributed by atoms with Crippen molar-refractivity contribution in [1.82, 2.24) is 10.1 Å². The van der Waals surface area contributed by atoms with Gasteiger partial charge in [0.25, 0.3) is 5.89 Å². The van der Waals surface area contributed by atoms with E-state index in [0.29, 0.717) is 18.3 Å². The van der Waals surface area contributed by atoms with E-state index < -0.39 is 5.54 Å². The average molecular weight is 275 g/mol. The van der Waals surface area contributed by atoms with Crippen molar-refractivity contribution in [3.63, 3.8) is 0 Å². The number of nitrogens with two attached hydrogens (primary N) is 1. The predicted molar refractivity (Wildman–Crippen MR) is 77.1 cm³/mol. The van der Waals surface area contributed by atoms with Crippen molar-refractivity contribution >= 4 is 0 Å². The molecule has 2 rings (SSSR count). The Morgan fingerprint density at radius 2 is 2.05 bits per heavy atom. The second-order valence-electron chi connectivity index (χ2n) is 5.52. The largest absolute Gasteiger partial charge is 0.376 e. The van der Waals surface area contributed by atoms with Crippen molar-refractivity contribution in [3.05, 3.63) is 35.7 Å². The SMILES string of the molecule is Cc1ccccc1-c1nc(C(C)(N)COC(C)C)no1. The van der Waals surface area contributed by atoms with Crippen molar-refractivity contribution in [2.45, 2.75) is 39.3 Å². The fourth-order valence-corrected chi connectivity index (χ4v) is 1.78. The first-order valence-corrected chi connectivity index (χ1v) is 6.71. The predicted octanol–water partition coefficient (Wildman–Crippen LogP) is 2.64. The zero-order valence-corrected chi connectivity index (χ0v) is 12.4. The molecule has 0 bridgehead atoms. The van der Waals surface area contributed by atoms with Gasteiger partial charge in [-0.15, -0.1) is 0 Å². The van der Waals surface area contributed by atoms with Gasteiger partial charge in [0.1, 0.15) is 5.54 Å². The van der Waals surface area contributed by atoms with Crippen molar-refractivity contribution in [3.8, 4) is 11.5 Å². The van der Waals surface area contributed by atoms with Gasteiger partial charge >= 0.3 is 0 Å². The number of benzene rings is 1. The Labute approximate surface area is 119 Å². The van der Waals surface area contributed by atoms with Gasteiger partial charge in [0.15, 0.2) is 5.82 Å². The number of hydrogen-bond acceptors (Lipinski definition) is 5. The van der Waals surface area contributed by atoms with Gasteiger partial charge in [0, 0.05) is 5.56 Å². The Kier molecular flexibility index (Phi) is 4.20. The molecule has 1 heterocycles. The van der Waals surface area contributed by atoms with Gasteiger partial charge in [-0.1, -0.05) is 23.4 Å². The minimum Gasteiger partial charge on any atom is -0.376 e. The van der Waals surface area contributed by atoms with Gasteiger partial charge < -0.3 is 15.0 Å². The lowest BCUT2D eigenvalue weighted by Gasteiger charge is -2.21. The molecule has 2 aromatic rings. The molecule has 0 saturated heterocycles. The maximum atomic E-state index is 6.21. The van der Waals surface area contributed by atoms with E-state index in [4.69, 9.17) is 15.0 Å². The van der Waals surface area contributed by atoms with Crippen LogP contribution in [0.5, 0.6) is 0 Å². The Hall–Kier alpha value is -1.72. The quantitative estimate of drug-likeness (QED) is 0.908. The fourth-order valence-electron chi connectivity index (χ4n) is 1.78. The molecule has 0 radical (unpaired) electrons. The third-order valence-electron chi connectivity index (χ3n) is 3.03. The highest BCUT2D eigenvalue weighted by atomic mass is 16.5. The van der Waals surface area contributed by atoms with Crippen LogP contribution in [-0.2, 0) is 10.3 Å². The van der Waals surface area contributed by atoms with Crippen molar-refractivity contribution in [1.29, 1.82) is 0 Å². The summed E-state index contributed by atoms with van der Waals surface area (Å²) in [5, 5.41) is 3.99. The van der Waals surface area contributed by atoms with Gasteiger partial charge in [-0.2, -0.15) is 4.98 Å². The fraction of sp³-hybridized carbons (Fsp3) is 0.467. The summed E-state index contributed by atoms with van der Waals surface area (Å²) in [6.07, 6.45) is 0.112. The van der Waals surface area contributed by atoms with E-state index in [2.05, 4.69) is 10.1 Å². The molecule has 0 aliphatic carbocycles. The van der Waals surface area contributed by atoms with Crippen LogP contribution in [0.1, 0.15) is 32.2 Å². The van der Waals surface area contributed by atoms with E-state index >= 15 is 0 Å². The molecule has 0 amide bonds. The number of ether oxygens (including phenoxy) is 1. The third kappa shape index (κ3) is 3.23. The normalized spacial score (nSPS) is 14.5. The van der Waals surface area contributed by atoms with Crippen LogP contribution < -0.4 is 5.73 Å². The molecule has 0 aliphatic heterocycles. The van der Waals surface area contributed by atoms with Crippen LogP contribution in [0.25, 0.3) is 11.5 Å². The van der Waals surface area contributed by atoms with Gasteiger partial charge in [-0.05, 0) is 39.3 Å². The van der Waals surface area contributed by atoms with Crippen LogP contribution in [0, 0.1) is 6.92 Å². The molecule has 1 unspecified atom stereocenters. The van der Waals surface area contributed by atoms with Crippen LogP contribution >= 0.6 is 0 Å². The van der Waals surface area contributed by atoms with E-state index in [9.17, 15) is 0 Å². The highest BCUT2D eigenvalue weighted by Crippen LogP contribution is 2.24. The first-order chi connectivity index (χ1) is 9.40. The van der Waals surface area contributed by atoms with E-state index in [1.54, 1.807) is 0 Å². The number of nitrogens with zero attached hydrogens (tertiary/aromatic N) is 2. The summed E-state index contributed by atoms with van der Waals surface area (Å²) in [6, 6.07) is 7.86. The van der Waals surface area contributed by atoms with E-state index in [1.807, 2.05) is 52.0 Å². The van der Waals surface area contributed by atoms with Crippen molar-refractivity contribution in [2.24, 2.45) is 5.73 Å². The van der Waals surface area contributed by atoms with Gasteiger partial charge in [-0.25, -0.2) is 0 Å². The molecular formula is C15H21N3O2. The lowest BCUT2D eigenvalue weighted by molar-refractivity contribution is 0.0410. The molecule has 1 aromatic heterocycles. The Bertz CT molecular complexity index is 576. The van der Waals surface area contributed by atoms with E-state index in [1.165, 1.54) is 0 Å². The van der Waals surface area contributed by atoms with Crippen LogP contribution in [0.2, 0.25) is 0 Å². The molecule has 1 aromatic carbocycles. The first kappa shape index (κ1) is 14.7.